The molecule has 1 aliphatic rings. The summed E-state index contributed by atoms with van der Waals surface area (Å²) in [6.45, 7) is 0.685. The number of esters is 1. The average molecular weight is 440 g/mol. The molecule has 0 spiro atoms. The lowest BCUT2D eigenvalue weighted by Crippen LogP contribution is -2.30. The summed E-state index contributed by atoms with van der Waals surface area (Å²) in [4.78, 5) is 19.3. The predicted molar refractivity (Wildman–Crippen MR) is 105 cm³/mol. The Morgan fingerprint density at radius 2 is 2.28 bits per heavy atom. The molecular formula is C17H18BrN3O2S2. The summed E-state index contributed by atoms with van der Waals surface area (Å²) < 4.78 is 5.81. The summed E-state index contributed by atoms with van der Waals surface area (Å²) in [6, 6.07) is 10.1. The first-order valence-electron chi connectivity index (χ1n) is 7.90. The number of rotatable bonds is 6. The van der Waals surface area contributed by atoms with Gasteiger partial charge in [0.15, 0.2) is 5.11 Å². The van der Waals surface area contributed by atoms with Crippen LogP contribution in [0.15, 0.2) is 40.3 Å². The molecule has 1 N–H and O–H groups in total. The Bertz CT molecular complexity index is 753. The maximum atomic E-state index is 11.4. The minimum Gasteiger partial charge on any atom is -0.469 e. The Morgan fingerprint density at radius 1 is 1.44 bits per heavy atom. The number of thiocarbonyl (C=S) groups is 1. The van der Waals surface area contributed by atoms with Crippen LogP contribution >= 0.6 is 39.5 Å². The van der Waals surface area contributed by atoms with Crippen LogP contribution < -0.4 is 5.32 Å². The zero-order valence-electron chi connectivity index (χ0n) is 13.6. The second-order valence-corrected chi connectivity index (χ2v) is 8.52. The number of thiophene rings is 1. The van der Waals surface area contributed by atoms with E-state index < -0.39 is 0 Å². The normalized spacial score (nSPS) is 19.8. The van der Waals surface area contributed by atoms with Gasteiger partial charge < -0.3 is 15.0 Å². The second-order valence-electron chi connectivity index (χ2n) is 5.64. The van der Waals surface area contributed by atoms with Crippen LogP contribution in [0.2, 0.25) is 0 Å². The van der Waals surface area contributed by atoms with E-state index in [0.717, 1.165) is 9.48 Å². The van der Waals surface area contributed by atoms with Crippen molar-refractivity contribution in [2.24, 2.45) is 0 Å². The minimum absolute atomic E-state index is 0.0163. The molecule has 8 heteroatoms. The SMILES string of the molecule is COC(=O)CCCN1C(=S)N[C@@H](c2ccccn2)[C@@H]1c1ccc(Br)s1. The standard InChI is InChI=1S/C17H18BrN3O2S2/c1-23-14(22)6-4-10-21-16(12-7-8-13(18)25-12)15(20-17(21)24)11-5-2-3-9-19-11/h2-3,5,7-9,15-16H,4,6,10H2,1H3,(H,20,24)/t15-,16-/m0/s1. The molecule has 1 aliphatic heterocycles. The number of hydrogen-bond donors (Lipinski definition) is 1. The molecule has 0 unspecified atom stereocenters. The van der Waals surface area contributed by atoms with Crippen LogP contribution in [0.5, 0.6) is 0 Å². The number of carbonyl (C=O) groups is 1. The molecule has 0 saturated carbocycles. The average Bonchev–Trinajstić information content (AvgIpc) is 3.19. The van der Waals surface area contributed by atoms with E-state index >= 15 is 0 Å². The first-order valence-corrected chi connectivity index (χ1v) is 9.92. The van der Waals surface area contributed by atoms with Crippen LogP contribution in [-0.2, 0) is 9.53 Å². The van der Waals surface area contributed by atoms with E-state index in [-0.39, 0.29) is 18.1 Å². The Morgan fingerprint density at radius 3 is 2.92 bits per heavy atom. The van der Waals surface area contributed by atoms with Crippen LogP contribution in [0.4, 0.5) is 0 Å². The predicted octanol–water partition coefficient (Wildman–Crippen LogP) is 3.83. The van der Waals surface area contributed by atoms with Gasteiger partial charge in [0, 0.05) is 24.0 Å². The molecule has 0 bridgehead atoms. The monoisotopic (exact) mass is 439 g/mol. The third-order valence-electron chi connectivity index (χ3n) is 4.09. The van der Waals surface area contributed by atoms with E-state index in [1.807, 2.05) is 24.3 Å². The van der Waals surface area contributed by atoms with E-state index in [9.17, 15) is 4.79 Å². The van der Waals surface area contributed by atoms with Gasteiger partial charge in [0.2, 0.25) is 0 Å². The highest BCUT2D eigenvalue weighted by Crippen LogP contribution is 2.42. The summed E-state index contributed by atoms with van der Waals surface area (Å²) in [5.41, 5.74) is 0.954. The van der Waals surface area contributed by atoms with Crippen molar-refractivity contribution < 1.29 is 9.53 Å². The molecule has 2 atom stereocenters. The maximum absolute atomic E-state index is 11.4. The van der Waals surface area contributed by atoms with Crippen LogP contribution in [-0.4, -0.2) is 34.6 Å². The van der Waals surface area contributed by atoms with Crippen molar-refractivity contribution in [2.75, 3.05) is 13.7 Å². The van der Waals surface area contributed by atoms with Crippen molar-refractivity contribution in [3.63, 3.8) is 0 Å². The van der Waals surface area contributed by atoms with Gasteiger partial charge in [0.25, 0.3) is 0 Å². The number of nitrogens with one attached hydrogen (secondary N) is 1. The zero-order chi connectivity index (χ0) is 17.8. The lowest BCUT2D eigenvalue weighted by molar-refractivity contribution is -0.140. The fourth-order valence-electron chi connectivity index (χ4n) is 2.94. The highest BCUT2D eigenvalue weighted by atomic mass is 79.9. The molecule has 132 valence electrons. The van der Waals surface area contributed by atoms with Gasteiger partial charge in [0.05, 0.1) is 28.7 Å². The van der Waals surface area contributed by atoms with Gasteiger partial charge in [-0.1, -0.05) is 6.07 Å². The van der Waals surface area contributed by atoms with Gasteiger partial charge in [-0.15, -0.1) is 11.3 Å². The number of ether oxygens (including phenoxy) is 1. The lowest BCUT2D eigenvalue weighted by Gasteiger charge is -2.26. The molecule has 0 aliphatic carbocycles. The third-order valence-corrected chi connectivity index (χ3v) is 6.14. The maximum Gasteiger partial charge on any atom is 0.305 e. The molecule has 0 aromatic carbocycles. The topological polar surface area (TPSA) is 54.5 Å². The summed E-state index contributed by atoms with van der Waals surface area (Å²) in [5.74, 6) is -0.199. The van der Waals surface area contributed by atoms with E-state index in [0.29, 0.717) is 24.5 Å². The minimum atomic E-state index is -0.199. The fraction of sp³-hybridized carbons (Fsp3) is 0.353. The number of halogens is 1. The third kappa shape index (κ3) is 4.19. The van der Waals surface area contributed by atoms with Crippen molar-refractivity contribution in [3.05, 3.63) is 50.9 Å². The van der Waals surface area contributed by atoms with Gasteiger partial charge in [-0.3, -0.25) is 9.78 Å². The van der Waals surface area contributed by atoms with Gasteiger partial charge >= 0.3 is 5.97 Å². The van der Waals surface area contributed by atoms with Crippen molar-refractivity contribution in [3.8, 4) is 0 Å². The number of aromatic nitrogens is 1. The second kappa shape index (κ2) is 8.25. The largest absolute Gasteiger partial charge is 0.469 e. The number of methoxy groups -OCH3 is 1. The van der Waals surface area contributed by atoms with Crippen LogP contribution in [0.1, 0.15) is 35.5 Å². The molecular weight excluding hydrogens is 422 g/mol. The van der Waals surface area contributed by atoms with Gasteiger partial charge in [-0.2, -0.15) is 0 Å². The first kappa shape index (κ1) is 18.3. The summed E-state index contributed by atoms with van der Waals surface area (Å²) in [6.07, 6.45) is 2.86. The van der Waals surface area contributed by atoms with E-state index in [1.54, 1.807) is 17.5 Å². The molecule has 0 amide bonds. The summed E-state index contributed by atoms with van der Waals surface area (Å²) in [5, 5.41) is 4.09. The Labute approximate surface area is 164 Å². The van der Waals surface area contributed by atoms with Crippen LogP contribution in [0.3, 0.4) is 0 Å². The number of nitrogens with zero attached hydrogens (tertiary/aromatic N) is 2. The highest BCUT2D eigenvalue weighted by molar-refractivity contribution is 9.11. The Kier molecular flexibility index (Phi) is 6.03. The van der Waals surface area contributed by atoms with E-state index in [1.165, 1.54) is 12.0 Å². The van der Waals surface area contributed by atoms with Crippen LogP contribution in [0.25, 0.3) is 0 Å². The van der Waals surface area contributed by atoms with Crippen molar-refractivity contribution in [2.45, 2.75) is 24.9 Å². The molecule has 1 saturated heterocycles. The van der Waals surface area contributed by atoms with E-state index in [2.05, 4.69) is 37.2 Å². The molecule has 1 fully saturated rings. The fourth-order valence-corrected chi connectivity index (χ4v) is 4.84. The van der Waals surface area contributed by atoms with Gasteiger partial charge in [-0.05, 0) is 58.8 Å². The highest BCUT2D eigenvalue weighted by Gasteiger charge is 2.40. The summed E-state index contributed by atoms with van der Waals surface area (Å²) >= 11 is 10.8. The first-order chi connectivity index (χ1) is 12.1. The molecule has 2 aromatic heterocycles. The van der Waals surface area contributed by atoms with E-state index in [4.69, 9.17) is 17.0 Å². The lowest BCUT2D eigenvalue weighted by atomic mass is 10.0. The quantitative estimate of drug-likeness (QED) is 0.545. The number of pyridine rings is 1. The Hall–Kier alpha value is -1.51. The molecule has 5 nitrogen and oxygen atoms in total. The smallest absolute Gasteiger partial charge is 0.305 e. The van der Waals surface area contributed by atoms with Crippen molar-refractivity contribution in [1.82, 2.24) is 15.2 Å². The molecule has 3 rings (SSSR count). The van der Waals surface area contributed by atoms with Crippen LogP contribution in [0, 0.1) is 0 Å². The zero-order valence-corrected chi connectivity index (χ0v) is 16.9. The van der Waals surface area contributed by atoms with Crippen molar-refractivity contribution >= 4 is 50.6 Å². The van der Waals surface area contributed by atoms with Gasteiger partial charge in [0.1, 0.15) is 0 Å². The number of carbonyl (C=O) groups excluding carboxylic acids is 1. The van der Waals surface area contributed by atoms with Gasteiger partial charge in [-0.25, -0.2) is 0 Å². The Balaban J connectivity index is 1.85. The molecule has 3 heterocycles. The summed E-state index contributed by atoms with van der Waals surface area (Å²) in [7, 11) is 1.41. The molecule has 0 radical (unpaired) electrons. The molecule has 2 aromatic rings. The molecule has 25 heavy (non-hydrogen) atoms. The number of hydrogen-bond acceptors (Lipinski definition) is 5. The van der Waals surface area contributed by atoms with Crippen molar-refractivity contribution in [1.29, 1.82) is 0 Å².